The van der Waals surface area contributed by atoms with Crippen LogP contribution < -0.4 is 5.32 Å². The predicted molar refractivity (Wildman–Crippen MR) is 76.0 cm³/mol. The molecular weight excluding hydrogens is 242 g/mol. The summed E-state index contributed by atoms with van der Waals surface area (Å²) in [4.78, 5) is 27.4. The lowest BCUT2D eigenvalue weighted by Crippen LogP contribution is -2.48. The van der Waals surface area contributed by atoms with Crippen molar-refractivity contribution in [2.24, 2.45) is 0 Å². The summed E-state index contributed by atoms with van der Waals surface area (Å²) >= 11 is 0. The highest BCUT2D eigenvalue weighted by molar-refractivity contribution is 5.78. The fraction of sp³-hybridized carbons (Fsp3) is 0.857. The molecule has 1 atom stereocenters. The maximum Gasteiger partial charge on any atom is 0.317 e. The predicted octanol–water partition coefficient (Wildman–Crippen LogP) is 1.83. The molecule has 19 heavy (non-hydrogen) atoms. The Morgan fingerprint density at radius 3 is 2.53 bits per heavy atom. The van der Waals surface area contributed by atoms with Crippen molar-refractivity contribution >= 4 is 11.9 Å². The van der Waals surface area contributed by atoms with Crippen molar-refractivity contribution < 1.29 is 9.59 Å². The molecule has 1 aliphatic heterocycles. The number of hydrogen-bond acceptors (Lipinski definition) is 2. The smallest absolute Gasteiger partial charge is 0.317 e. The van der Waals surface area contributed by atoms with Gasteiger partial charge in [-0.25, -0.2) is 4.79 Å². The quantitative estimate of drug-likeness (QED) is 0.828. The summed E-state index contributed by atoms with van der Waals surface area (Å²) in [6.45, 7) is 8.73. The first-order valence-electron chi connectivity index (χ1n) is 7.42. The topological polar surface area (TPSA) is 52.7 Å². The molecule has 1 rings (SSSR count). The fourth-order valence-electron chi connectivity index (χ4n) is 2.51. The largest absolute Gasteiger partial charge is 0.343 e. The number of nitrogens with zero attached hydrogens (tertiary/aromatic N) is 2. The van der Waals surface area contributed by atoms with Gasteiger partial charge >= 0.3 is 6.03 Å². The Balaban J connectivity index is 2.28. The van der Waals surface area contributed by atoms with Crippen LogP contribution in [0.25, 0.3) is 0 Å². The van der Waals surface area contributed by atoms with E-state index in [0.717, 1.165) is 32.5 Å². The van der Waals surface area contributed by atoms with Crippen LogP contribution in [0, 0.1) is 0 Å². The molecule has 0 saturated carbocycles. The molecule has 3 amide bonds. The summed E-state index contributed by atoms with van der Waals surface area (Å²) in [5, 5.41) is 2.86. The summed E-state index contributed by atoms with van der Waals surface area (Å²) in [6, 6.07) is 0.284. The minimum Gasteiger partial charge on any atom is -0.343 e. The van der Waals surface area contributed by atoms with Crippen molar-refractivity contribution in [3.8, 4) is 0 Å². The van der Waals surface area contributed by atoms with Crippen molar-refractivity contribution in [2.75, 3.05) is 26.2 Å². The van der Waals surface area contributed by atoms with Crippen LogP contribution in [0.1, 0.15) is 46.5 Å². The van der Waals surface area contributed by atoms with Crippen molar-refractivity contribution in [2.45, 2.75) is 52.5 Å². The molecule has 5 heteroatoms. The summed E-state index contributed by atoms with van der Waals surface area (Å²) < 4.78 is 0. The lowest BCUT2D eigenvalue weighted by atomic mass is 10.0. The van der Waals surface area contributed by atoms with E-state index in [1.54, 1.807) is 4.90 Å². The zero-order valence-electron chi connectivity index (χ0n) is 12.4. The standard InChI is InChI=1S/C14H27N3O2/c1-4-16(5-2)13(18)9-10-15-14(19)17-11-7-6-8-12(17)3/h12H,4-11H2,1-3H3,(H,15,19). The molecule has 0 aromatic heterocycles. The molecule has 0 bridgehead atoms. The van der Waals surface area contributed by atoms with Crippen molar-refractivity contribution in [1.82, 2.24) is 15.1 Å². The van der Waals surface area contributed by atoms with Crippen LogP contribution in [-0.2, 0) is 4.79 Å². The van der Waals surface area contributed by atoms with Crippen LogP contribution in [0.3, 0.4) is 0 Å². The van der Waals surface area contributed by atoms with Gasteiger partial charge in [-0.05, 0) is 40.0 Å². The number of amides is 3. The zero-order valence-corrected chi connectivity index (χ0v) is 12.4. The Bertz CT molecular complexity index is 303. The highest BCUT2D eigenvalue weighted by Crippen LogP contribution is 2.15. The third kappa shape index (κ3) is 4.73. The molecule has 1 N–H and O–H groups in total. The number of carbonyl (C=O) groups is 2. The first kappa shape index (κ1) is 15.8. The summed E-state index contributed by atoms with van der Waals surface area (Å²) in [7, 11) is 0. The van der Waals surface area contributed by atoms with Gasteiger partial charge in [-0.3, -0.25) is 4.79 Å². The van der Waals surface area contributed by atoms with E-state index < -0.39 is 0 Å². The third-order valence-corrected chi connectivity index (χ3v) is 3.80. The second-order valence-electron chi connectivity index (χ2n) is 5.09. The highest BCUT2D eigenvalue weighted by atomic mass is 16.2. The Morgan fingerprint density at radius 1 is 1.26 bits per heavy atom. The van der Waals surface area contributed by atoms with E-state index in [0.29, 0.717) is 19.0 Å². The Morgan fingerprint density at radius 2 is 1.95 bits per heavy atom. The van der Waals surface area contributed by atoms with Crippen LogP contribution in [0.15, 0.2) is 0 Å². The molecular formula is C14H27N3O2. The molecule has 0 aliphatic carbocycles. The minimum absolute atomic E-state index is 0.0282. The van der Waals surface area contributed by atoms with Gasteiger partial charge in [0.15, 0.2) is 0 Å². The first-order chi connectivity index (χ1) is 9.10. The van der Waals surface area contributed by atoms with E-state index in [1.807, 2.05) is 18.7 Å². The second kappa shape index (κ2) is 8.02. The van der Waals surface area contributed by atoms with Crippen LogP contribution in [0.5, 0.6) is 0 Å². The Hall–Kier alpha value is -1.26. The van der Waals surface area contributed by atoms with Crippen molar-refractivity contribution in [1.29, 1.82) is 0 Å². The van der Waals surface area contributed by atoms with E-state index in [4.69, 9.17) is 0 Å². The molecule has 1 aliphatic rings. The van der Waals surface area contributed by atoms with Crippen LogP contribution in [-0.4, -0.2) is 54.0 Å². The van der Waals surface area contributed by atoms with E-state index in [9.17, 15) is 9.59 Å². The zero-order chi connectivity index (χ0) is 14.3. The Kier molecular flexibility index (Phi) is 6.67. The molecule has 5 nitrogen and oxygen atoms in total. The summed E-state index contributed by atoms with van der Waals surface area (Å²) in [6.07, 6.45) is 3.74. The van der Waals surface area contributed by atoms with E-state index in [-0.39, 0.29) is 11.9 Å². The number of piperidine rings is 1. The molecule has 0 spiro atoms. The van der Waals surface area contributed by atoms with E-state index >= 15 is 0 Å². The number of urea groups is 1. The van der Waals surface area contributed by atoms with Gasteiger partial charge in [-0.15, -0.1) is 0 Å². The van der Waals surface area contributed by atoms with Crippen molar-refractivity contribution in [3.05, 3.63) is 0 Å². The van der Waals surface area contributed by atoms with Crippen molar-refractivity contribution in [3.63, 3.8) is 0 Å². The minimum atomic E-state index is -0.0282. The fourth-order valence-corrected chi connectivity index (χ4v) is 2.51. The first-order valence-corrected chi connectivity index (χ1v) is 7.42. The SMILES string of the molecule is CCN(CC)C(=O)CCNC(=O)N1CCCCC1C. The van der Waals surface area contributed by atoms with Gasteiger partial charge < -0.3 is 15.1 Å². The van der Waals surface area contributed by atoms with Crippen LogP contribution >= 0.6 is 0 Å². The van der Waals surface area contributed by atoms with Gasteiger partial charge in [0.1, 0.15) is 0 Å². The molecule has 1 saturated heterocycles. The average molecular weight is 269 g/mol. The van der Waals surface area contributed by atoms with Gasteiger partial charge in [0.2, 0.25) is 5.91 Å². The molecule has 1 heterocycles. The van der Waals surface area contributed by atoms with Crippen LogP contribution in [0.4, 0.5) is 4.79 Å². The number of likely N-dealkylation sites (tertiary alicyclic amines) is 1. The normalized spacial score (nSPS) is 19.1. The maximum absolute atomic E-state index is 12.0. The average Bonchev–Trinajstić information content (AvgIpc) is 2.40. The highest BCUT2D eigenvalue weighted by Gasteiger charge is 2.22. The van der Waals surface area contributed by atoms with Crippen LogP contribution in [0.2, 0.25) is 0 Å². The molecule has 1 fully saturated rings. The number of carbonyl (C=O) groups excluding carboxylic acids is 2. The van der Waals surface area contributed by atoms with Gasteiger partial charge in [-0.1, -0.05) is 0 Å². The summed E-state index contributed by atoms with van der Waals surface area (Å²) in [5.41, 5.74) is 0. The third-order valence-electron chi connectivity index (χ3n) is 3.80. The van der Waals surface area contributed by atoms with E-state index in [2.05, 4.69) is 12.2 Å². The summed E-state index contributed by atoms with van der Waals surface area (Å²) in [5.74, 6) is 0.108. The van der Waals surface area contributed by atoms with Gasteiger partial charge in [0.05, 0.1) is 0 Å². The lowest BCUT2D eigenvalue weighted by molar-refractivity contribution is -0.130. The molecule has 1 unspecified atom stereocenters. The molecule has 110 valence electrons. The number of hydrogen-bond donors (Lipinski definition) is 1. The maximum atomic E-state index is 12.0. The molecule has 0 aromatic carbocycles. The van der Waals surface area contributed by atoms with E-state index in [1.165, 1.54) is 6.42 Å². The van der Waals surface area contributed by atoms with Gasteiger partial charge in [-0.2, -0.15) is 0 Å². The lowest BCUT2D eigenvalue weighted by Gasteiger charge is -2.33. The molecule has 0 aromatic rings. The second-order valence-corrected chi connectivity index (χ2v) is 5.09. The number of nitrogens with one attached hydrogen (secondary N) is 1. The monoisotopic (exact) mass is 269 g/mol. The number of rotatable bonds is 5. The Labute approximate surface area is 116 Å². The van der Waals surface area contributed by atoms with Gasteiger partial charge in [0, 0.05) is 38.6 Å². The van der Waals surface area contributed by atoms with Gasteiger partial charge in [0.25, 0.3) is 0 Å². The molecule has 0 radical (unpaired) electrons.